The molecule has 17 heavy (non-hydrogen) atoms. The van der Waals surface area contributed by atoms with Crippen molar-refractivity contribution in [2.24, 2.45) is 5.92 Å². The maximum Gasteiger partial charge on any atom is 0.211 e. The molecule has 0 heterocycles. The number of alkyl halides is 1. The second kappa shape index (κ2) is 10.1. The zero-order valence-electron chi connectivity index (χ0n) is 10.7. The van der Waals surface area contributed by atoms with Crippen LogP contribution < -0.4 is 4.72 Å². The fraction of sp³-hybridized carbons (Fsp3) is 1.00. The molecule has 0 aliphatic carbocycles. The highest BCUT2D eigenvalue weighted by Crippen LogP contribution is 1.97. The second-order valence-electron chi connectivity index (χ2n) is 4.43. The number of ether oxygens (including phenoxy) is 1. The molecule has 1 N–H and O–H groups in total. The summed E-state index contributed by atoms with van der Waals surface area (Å²) in [7, 11) is -3.12. The first kappa shape index (κ1) is 17.2. The molecule has 0 aromatic carbocycles. The number of hydrogen-bond donors (Lipinski definition) is 1. The first-order valence-corrected chi connectivity index (χ1v) is 8.27. The van der Waals surface area contributed by atoms with Crippen LogP contribution in [0.1, 0.15) is 33.1 Å². The van der Waals surface area contributed by atoms with E-state index < -0.39 is 10.0 Å². The molecule has 0 saturated carbocycles. The van der Waals surface area contributed by atoms with E-state index in [9.17, 15) is 8.42 Å². The van der Waals surface area contributed by atoms with Crippen molar-refractivity contribution in [2.75, 3.05) is 31.4 Å². The quantitative estimate of drug-likeness (QED) is 0.467. The number of rotatable bonds is 11. The van der Waals surface area contributed by atoms with Gasteiger partial charge in [0.05, 0.1) is 5.75 Å². The van der Waals surface area contributed by atoms with Crippen LogP contribution in [0.25, 0.3) is 0 Å². The van der Waals surface area contributed by atoms with E-state index in [1.807, 2.05) is 0 Å². The van der Waals surface area contributed by atoms with Gasteiger partial charge in [-0.1, -0.05) is 13.8 Å². The van der Waals surface area contributed by atoms with Crippen LogP contribution in [-0.2, 0) is 14.8 Å². The van der Waals surface area contributed by atoms with Gasteiger partial charge in [-0.25, -0.2) is 13.1 Å². The van der Waals surface area contributed by atoms with E-state index in [4.69, 9.17) is 16.3 Å². The second-order valence-corrected chi connectivity index (χ2v) is 6.74. The van der Waals surface area contributed by atoms with Crippen LogP contribution in [0.5, 0.6) is 0 Å². The maximum absolute atomic E-state index is 11.5. The lowest BCUT2D eigenvalue weighted by Gasteiger charge is -2.08. The van der Waals surface area contributed by atoms with E-state index in [0.29, 0.717) is 37.8 Å². The Morgan fingerprint density at radius 2 is 1.94 bits per heavy atom. The predicted octanol–water partition coefficient (Wildman–Crippen LogP) is 1.99. The van der Waals surface area contributed by atoms with Crippen molar-refractivity contribution in [2.45, 2.75) is 33.1 Å². The van der Waals surface area contributed by atoms with Crippen molar-refractivity contribution in [3.8, 4) is 0 Å². The van der Waals surface area contributed by atoms with Crippen LogP contribution in [0.3, 0.4) is 0 Å². The molecule has 0 atom stereocenters. The molecule has 0 spiro atoms. The maximum atomic E-state index is 11.5. The number of nitrogens with one attached hydrogen (secondary N) is 1. The molecule has 0 aromatic heterocycles. The van der Waals surface area contributed by atoms with Gasteiger partial charge in [-0.2, -0.15) is 0 Å². The number of unbranched alkanes of at least 4 members (excludes halogenated alkanes) is 1. The Morgan fingerprint density at radius 1 is 1.24 bits per heavy atom. The third kappa shape index (κ3) is 12.4. The SMILES string of the molecule is CC(C)COCCCNS(=O)(=O)CCCCCl. The first-order valence-electron chi connectivity index (χ1n) is 6.09. The van der Waals surface area contributed by atoms with Crippen molar-refractivity contribution in [3.05, 3.63) is 0 Å². The Kier molecular flexibility index (Phi) is 10.2. The minimum atomic E-state index is -3.12. The standard InChI is InChI=1S/C11H24ClNO3S/c1-11(2)10-16-8-5-7-13-17(14,15)9-4-3-6-12/h11,13H,3-10H2,1-2H3. The van der Waals surface area contributed by atoms with Crippen LogP contribution in [0.4, 0.5) is 0 Å². The smallest absolute Gasteiger partial charge is 0.211 e. The van der Waals surface area contributed by atoms with E-state index in [1.54, 1.807) is 0 Å². The van der Waals surface area contributed by atoms with Gasteiger partial charge in [0, 0.05) is 25.6 Å². The van der Waals surface area contributed by atoms with Crippen molar-refractivity contribution in [1.82, 2.24) is 4.72 Å². The van der Waals surface area contributed by atoms with Crippen LogP contribution >= 0.6 is 11.6 Å². The lowest BCUT2D eigenvalue weighted by atomic mass is 10.2. The summed E-state index contributed by atoms with van der Waals surface area (Å²) in [6.07, 6.45) is 2.06. The Bertz CT molecular complexity index is 268. The van der Waals surface area contributed by atoms with Crippen molar-refractivity contribution < 1.29 is 13.2 Å². The molecule has 0 rings (SSSR count). The number of halogens is 1. The molecule has 0 fully saturated rings. The molecule has 0 saturated heterocycles. The van der Waals surface area contributed by atoms with Crippen molar-refractivity contribution >= 4 is 21.6 Å². The van der Waals surface area contributed by atoms with Gasteiger partial charge in [0.25, 0.3) is 0 Å². The van der Waals surface area contributed by atoms with E-state index in [0.717, 1.165) is 13.0 Å². The zero-order chi connectivity index (χ0) is 13.1. The Labute approximate surface area is 110 Å². The third-order valence-corrected chi connectivity index (χ3v) is 3.77. The Morgan fingerprint density at radius 3 is 2.53 bits per heavy atom. The minimum Gasteiger partial charge on any atom is -0.381 e. The molecule has 0 unspecified atom stereocenters. The predicted molar refractivity (Wildman–Crippen MR) is 72.0 cm³/mol. The molecular formula is C11H24ClNO3S. The summed E-state index contributed by atoms with van der Waals surface area (Å²) in [6, 6.07) is 0. The molecule has 0 aromatic rings. The largest absolute Gasteiger partial charge is 0.381 e. The Hall–Kier alpha value is 0.160. The van der Waals surface area contributed by atoms with Crippen LogP contribution in [0, 0.1) is 5.92 Å². The third-order valence-electron chi connectivity index (χ3n) is 2.04. The lowest BCUT2D eigenvalue weighted by Crippen LogP contribution is -2.28. The van der Waals surface area contributed by atoms with E-state index in [-0.39, 0.29) is 5.75 Å². The molecule has 0 amide bonds. The van der Waals surface area contributed by atoms with E-state index in [1.165, 1.54) is 0 Å². The molecule has 0 radical (unpaired) electrons. The average Bonchev–Trinajstić information content (AvgIpc) is 2.23. The normalized spacial score (nSPS) is 12.2. The molecule has 4 nitrogen and oxygen atoms in total. The van der Waals surface area contributed by atoms with Gasteiger partial charge in [-0.05, 0) is 25.2 Å². The van der Waals surface area contributed by atoms with Crippen molar-refractivity contribution in [3.63, 3.8) is 0 Å². The highest BCUT2D eigenvalue weighted by Gasteiger charge is 2.08. The summed E-state index contributed by atoms with van der Waals surface area (Å²) >= 11 is 5.49. The summed E-state index contributed by atoms with van der Waals surface area (Å²) in [6.45, 7) is 5.94. The van der Waals surface area contributed by atoms with Crippen LogP contribution in [0.15, 0.2) is 0 Å². The van der Waals surface area contributed by atoms with Gasteiger partial charge in [0.2, 0.25) is 10.0 Å². The van der Waals surface area contributed by atoms with Crippen LogP contribution in [0.2, 0.25) is 0 Å². The van der Waals surface area contributed by atoms with Gasteiger partial charge in [0.1, 0.15) is 0 Å². The van der Waals surface area contributed by atoms with Gasteiger partial charge in [-0.3, -0.25) is 0 Å². The average molecular weight is 286 g/mol. The van der Waals surface area contributed by atoms with E-state index >= 15 is 0 Å². The first-order chi connectivity index (χ1) is 7.98. The number of hydrogen-bond acceptors (Lipinski definition) is 3. The Balaban J connectivity index is 3.46. The van der Waals surface area contributed by atoms with Crippen LogP contribution in [-0.4, -0.2) is 39.8 Å². The summed E-state index contributed by atoms with van der Waals surface area (Å²) in [4.78, 5) is 0. The zero-order valence-corrected chi connectivity index (χ0v) is 12.3. The molecule has 0 aliphatic heterocycles. The van der Waals surface area contributed by atoms with E-state index in [2.05, 4.69) is 18.6 Å². The molecular weight excluding hydrogens is 262 g/mol. The fourth-order valence-corrected chi connectivity index (χ4v) is 2.55. The molecule has 0 aliphatic rings. The summed E-state index contributed by atoms with van der Waals surface area (Å²) < 4.78 is 30.8. The summed E-state index contributed by atoms with van der Waals surface area (Å²) in [5, 5.41) is 0. The van der Waals surface area contributed by atoms with Gasteiger partial charge < -0.3 is 4.74 Å². The van der Waals surface area contributed by atoms with Gasteiger partial charge in [0.15, 0.2) is 0 Å². The monoisotopic (exact) mass is 285 g/mol. The fourth-order valence-electron chi connectivity index (χ4n) is 1.18. The molecule has 0 bridgehead atoms. The summed E-state index contributed by atoms with van der Waals surface area (Å²) in [5.74, 6) is 1.19. The van der Waals surface area contributed by atoms with Gasteiger partial charge >= 0.3 is 0 Å². The van der Waals surface area contributed by atoms with Crippen molar-refractivity contribution in [1.29, 1.82) is 0 Å². The lowest BCUT2D eigenvalue weighted by molar-refractivity contribution is 0.108. The molecule has 6 heteroatoms. The highest BCUT2D eigenvalue weighted by atomic mass is 35.5. The highest BCUT2D eigenvalue weighted by molar-refractivity contribution is 7.89. The topological polar surface area (TPSA) is 55.4 Å². The van der Waals surface area contributed by atoms with Gasteiger partial charge in [-0.15, -0.1) is 11.6 Å². The molecule has 104 valence electrons. The number of sulfonamides is 1. The summed E-state index contributed by atoms with van der Waals surface area (Å²) in [5.41, 5.74) is 0. The minimum absolute atomic E-state index is 0.159.